The fraction of sp³-hybridized carbons (Fsp3) is 0.308. The van der Waals surface area contributed by atoms with Crippen molar-refractivity contribution in [1.29, 1.82) is 0 Å². The zero-order chi connectivity index (χ0) is 13.1. The second-order valence-corrected chi connectivity index (χ2v) is 4.46. The van der Waals surface area contributed by atoms with Gasteiger partial charge in [0, 0.05) is 11.3 Å². The molecule has 0 saturated carbocycles. The van der Waals surface area contributed by atoms with Gasteiger partial charge in [0.1, 0.15) is 0 Å². The third-order valence-corrected chi connectivity index (χ3v) is 3.23. The van der Waals surface area contributed by atoms with Crippen molar-refractivity contribution in [2.75, 3.05) is 6.54 Å². The Hall–Kier alpha value is -1.52. The Morgan fingerprint density at radius 2 is 2.11 bits per heavy atom. The van der Waals surface area contributed by atoms with Gasteiger partial charge in [0.2, 0.25) is 0 Å². The first-order chi connectivity index (χ1) is 8.69. The van der Waals surface area contributed by atoms with Gasteiger partial charge in [0.25, 0.3) is 5.56 Å². The molecule has 1 aromatic carbocycles. The van der Waals surface area contributed by atoms with E-state index in [1.54, 1.807) is 6.07 Å². The van der Waals surface area contributed by atoms with E-state index in [9.17, 15) is 4.79 Å². The number of aromatic amines is 1. The van der Waals surface area contributed by atoms with Crippen LogP contribution in [0.15, 0.2) is 29.1 Å². The van der Waals surface area contributed by atoms with Gasteiger partial charge in [0.15, 0.2) is 0 Å². The third kappa shape index (κ3) is 2.21. The summed E-state index contributed by atoms with van der Waals surface area (Å²) in [4.78, 5) is 12.3. The van der Waals surface area contributed by atoms with E-state index in [1.807, 2.05) is 25.1 Å². The highest BCUT2D eigenvalue weighted by atomic mass is 35.5. The van der Waals surface area contributed by atoms with E-state index in [4.69, 9.17) is 17.3 Å². The zero-order valence-corrected chi connectivity index (χ0v) is 11.0. The lowest BCUT2D eigenvalue weighted by atomic mass is 10.1. The standard InChI is InChI=1S/C13H16ClN3O/c1-2-11-9(7-8-15)13(18)17(16-11)12-6-4-3-5-10(12)14/h3-6,16H,2,7-8,15H2,1H3. The number of aromatic nitrogens is 2. The van der Waals surface area contributed by atoms with Crippen LogP contribution in [-0.4, -0.2) is 16.3 Å². The normalized spacial score (nSPS) is 10.8. The number of nitrogens with one attached hydrogen (secondary N) is 1. The summed E-state index contributed by atoms with van der Waals surface area (Å²) in [5.41, 5.74) is 7.82. The molecule has 18 heavy (non-hydrogen) atoms. The lowest BCUT2D eigenvalue weighted by Crippen LogP contribution is -2.19. The van der Waals surface area contributed by atoms with Crippen LogP contribution in [0.2, 0.25) is 5.02 Å². The van der Waals surface area contributed by atoms with Crippen LogP contribution in [-0.2, 0) is 12.8 Å². The number of hydrogen-bond acceptors (Lipinski definition) is 2. The molecule has 0 aliphatic carbocycles. The van der Waals surface area contributed by atoms with E-state index in [-0.39, 0.29) is 5.56 Å². The fourth-order valence-corrected chi connectivity index (χ4v) is 2.23. The maximum absolute atomic E-state index is 12.3. The van der Waals surface area contributed by atoms with Gasteiger partial charge in [-0.05, 0) is 31.5 Å². The van der Waals surface area contributed by atoms with Crippen molar-refractivity contribution in [3.63, 3.8) is 0 Å². The first-order valence-corrected chi connectivity index (χ1v) is 6.34. The Bertz CT molecular complexity index is 601. The Balaban J connectivity index is 2.60. The minimum absolute atomic E-state index is 0.0644. The van der Waals surface area contributed by atoms with Gasteiger partial charge in [0.05, 0.1) is 10.7 Å². The van der Waals surface area contributed by atoms with Crippen molar-refractivity contribution in [3.05, 3.63) is 50.9 Å². The molecule has 0 aliphatic rings. The first kappa shape index (κ1) is 12.9. The number of nitrogens with zero attached hydrogens (tertiary/aromatic N) is 1. The molecule has 5 heteroatoms. The number of hydrogen-bond donors (Lipinski definition) is 2. The molecule has 0 radical (unpaired) electrons. The Morgan fingerprint density at radius 3 is 2.72 bits per heavy atom. The number of nitrogens with two attached hydrogens (primary N) is 1. The molecule has 3 N–H and O–H groups in total. The molecule has 0 unspecified atom stereocenters. The molecule has 0 atom stereocenters. The highest BCUT2D eigenvalue weighted by molar-refractivity contribution is 6.32. The fourth-order valence-electron chi connectivity index (χ4n) is 2.01. The molecule has 4 nitrogen and oxygen atoms in total. The van der Waals surface area contributed by atoms with E-state index in [0.717, 1.165) is 17.7 Å². The second-order valence-electron chi connectivity index (χ2n) is 4.05. The molecule has 1 aromatic heterocycles. The van der Waals surface area contributed by atoms with E-state index >= 15 is 0 Å². The minimum atomic E-state index is -0.0644. The van der Waals surface area contributed by atoms with Crippen molar-refractivity contribution < 1.29 is 0 Å². The van der Waals surface area contributed by atoms with Gasteiger partial charge in [-0.2, -0.15) is 0 Å². The number of H-pyrrole nitrogens is 1. The summed E-state index contributed by atoms with van der Waals surface area (Å²) in [5.74, 6) is 0. The van der Waals surface area contributed by atoms with Crippen molar-refractivity contribution in [2.45, 2.75) is 19.8 Å². The largest absolute Gasteiger partial charge is 0.330 e. The van der Waals surface area contributed by atoms with Crippen molar-refractivity contribution >= 4 is 11.6 Å². The minimum Gasteiger partial charge on any atom is -0.330 e. The topological polar surface area (TPSA) is 63.8 Å². The Morgan fingerprint density at radius 1 is 1.39 bits per heavy atom. The van der Waals surface area contributed by atoms with E-state index in [1.165, 1.54) is 4.68 Å². The zero-order valence-electron chi connectivity index (χ0n) is 10.2. The first-order valence-electron chi connectivity index (χ1n) is 5.96. The maximum atomic E-state index is 12.3. The van der Waals surface area contributed by atoms with E-state index < -0.39 is 0 Å². The van der Waals surface area contributed by atoms with Gasteiger partial charge >= 0.3 is 0 Å². The average Bonchev–Trinajstić information content (AvgIpc) is 2.68. The quantitative estimate of drug-likeness (QED) is 0.887. The monoisotopic (exact) mass is 265 g/mol. The van der Waals surface area contributed by atoms with Crippen LogP contribution in [0.25, 0.3) is 5.69 Å². The van der Waals surface area contributed by atoms with Gasteiger partial charge in [-0.3, -0.25) is 9.89 Å². The predicted octanol–water partition coefficient (Wildman–Crippen LogP) is 1.88. The van der Waals surface area contributed by atoms with Gasteiger partial charge in [-0.1, -0.05) is 30.7 Å². The average molecular weight is 266 g/mol. The number of para-hydroxylation sites is 1. The summed E-state index contributed by atoms with van der Waals surface area (Å²) in [6, 6.07) is 7.26. The van der Waals surface area contributed by atoms with Crippen LogP contribution in [0.5, 0.6) is 0 Å². The molecule has 0 bridgehead atoms. The van der Waals surface area contributed by atoms with Crippen LogP contribution in [0.1, 0.15) is 18.2 Å². The van der Waals surface area contributed by atoms with Crippen LogP contribution in [0.4, 0.5) is 0 Å². The summed E-state index contributed by atoms with van der Waals surface area (Å²) in [6.45, 7) is 2.46. The van der Waals surface area contributed by atoms with Crippen LogP contribution in [0.3, 0.4) is 0 Å². The van der Waals surface area contributed by atoms with Crippen molar-refractivity contribution in [3.8, 4) is 5.69 Å². The van der Waals surface area contributed by atoms with Crippen LogP contribution >= 0.6 is 11.6 Å². The maximum Gasteiger partial charge on any atom is 0.274 e. The lowest BCUT2D eigenvalue weighted by molar-refractivity contribution is 0.819. The molecular formula is C13H16ClN3O. The van der Waals surface area contributed by atoms with Gasteiger partial charge < -0.3 is 5.73 Å². The highest BCUT2D eigenvalue weighted by Gasteiger charge is 2.14. The summed E-state index contributed by atoms with van der Waals surface area (Å²) >= 11 is 6.11. The molecule has 0 saturated heterocycles. The Kier molecular flexibility index (Phi) is 3.89. The van der Waals surface area contributed by atoms with Gasteiger partial charge in [-0.15, -0.1) is 0 Å². The molecule has 1 heterocycles. The van der Waals surface area contributed by atoms with E-state index in [2.05, 4.69) is 5.10 Å². The molecule has 2 aromatic rings. The predicted molar refractivity (Wildman–Crippen MR) is 73.5 cm³/mol. The van der Waals surface area contributed by atoms with Crippen LogP contribution < -0.4 is 11.3 Å². The molecule has 0 aliphatic heterocycles. The molecule has 0 amide bonds. The number of benzene rings is 1. The smallest absolute Gasteiger partial charge is 0.274 e. The van der Waals surface area contributed by atoms with Crippen molar-refractivity contribution in [2.24, 2.45) is 5.73 Å². The SMILES string of the molecule is CCc1[nH]n(-c2ccccc2Cl)c(=O)c1CCN. The lowest BCUT2D eigenvalue weighted by Gasteiger charge is -2.03. The number of rotatable bonds is 4. The Labute approximate surface area is 110 Å². The van der Waals surface area contributed by atoms with E-state index in [0.29, 0.717) is 23.7 Å². The molecule has 0 spiro atoms. The summed E-state index contributed by atoms with van der Waals surface area (Å²) in [7, 11) is 0. The third-order valence-electron chi connectivity index (χ3n) is 2.91. The number of halogens is 1. The second kappa shape index (κ2) is 5.42. The number of aryl methyl sites for hydroxylation is 1. The molecule has 0 fully saturated rings. The molecule has 2 rings (SSSR count). The molecular weight excluding hydrogens is 250 g/mol. The summed E-state index contributed by atoms with van der Waals surface area (Å²) in [5, 5.41) is 3.65. The molecule has 96 valence electrons. The van der Waals surface area contributed by atoms with Crippen molar-refractivity contribution in [1.82, 2.24) is 9.78 Å². The highest BCUT2D eigenvalue weighted by Crippen LogP contribution is 2.18. The van der Waals surface area contributed by atoms with Gasteiger partial charge in [-0.25, -0.2) is 4.68 Å². The van der Waals surface area contributed by atoms with Crippen LogP contribution in [0, 0.1) is 0 Å². The summed E-state index contributed by atoms with van der Waals surface area (Å²) in [6.07, 6.45) is 1.35. The summed E-state index contributed by atoms with van der Waals surface area (Å²) < 4.78 is 1.49.